The third-order valence-electron chi connectivity index (χ3n) is 5.57. The SMILES string of the molecule is C=c1nc2c(c(=O)[nH]1)=Nc1cc(C)c(C)cc1N2CCN1C[C@H](O)C[C@@H]1C(=O)O. The molecule has 29 heavy (non-hydrogen) atoms. The van der Waals surface area contributed by atoms with E-state index in [0.29, 0.717) is 31.1 Å². The lowest BCUT2D eigenvalue weighted by atomic mass is 10.1. The average molecular weight is 397 g/mol. The van der Waals surface area contributed by atoms with Crippen molar-refractivity contribution in [3.05, 3.63) is 44.5 Å². The number of nitrogens with one attached hydrogen (secondary N) is 1. The fourth-order valence-corrected chi connectivity index (χ4v) is 3.95. The third-order valence-corrected chi connectivity index (χ3v) is 5.57. The molecule has 152 valence electrons. The minimum absolute atomic E-state index is 0.205. The molecule has 1 saturated heterocycles. The van der Waals surface area contributed by atoms with Gasteiger partial charge in [0.15, 0.2) is 11.2 Å². The van der Waals surface area contributed by atoms with E-state index in [4.69, 9.17) is 0 Å². The number of aromatic nitrogens is 2. The number of rotatable bonds is 4. The highest BCUT2D eigenvalue weighted by atomic mass is 16.4. The van der Waals surface area contributed by atoms with Gasteiger partial charge in [-0.2, -0.15) is 0 Å². The lowest BCUT2D eigenvalue weighted by Gasteiger charge is -2.31. The molecule has 3 heterocycles. The number of aliphatic carboxylic acids is 1. The van der Waals surface area contributed by atoms with Gasteiger partial charge >= 0.3 is 5.97 Å². The first-order valence-corrected chi connectivity index (χ1v) is 9.46. The Bertz CT molecular complexity index is 1160. The van der Waals surface area contributed by atoms with Crippen molar-refractivity contribution < 1.29 is 15.0 Å². The number of aliphatic hydroxyl groups excluding tert-OH is 1. The van der Waals surface area contributed by atoms with Crippen LogP contribution < -0.4 is 21.3 Å². The highest BCUT2D eigenvalue weighted by Gasteiger charge is 2.36. The molecule has 1 aromatic heterocycles. The molecule has 9 nitrogen and oxygen atoms in total. The van der Waals surface area contributed by atoms with Crippen LogP contribution in [0.2, 0.25) is 0 Å². The number of nitrogens with zero attached hydrogens (tertiary/aromatic N) is 4. The maximum Gasteiger partial charge on any atom is 0.321 e. The summed E-state index contributed by atoms with van der Waals surface area (Å²) in [5, 5.41) is 19.6. The molecule has 2 atom stereocenters. The molecule has 2 aromatic rings. The number of likely N-dealkylation sites (tertiary alicyclic amines) is 1. The number of fused-ring (bicyclic) bond motifs is 2. The summed E-state index contributed by atoms with van der Waals surface area (Å²) < 4.78 is 0. The van der Waals surface area contributed by atoms with Crippen LogP contribution in [0, 0.1) is 13.8 Å². The molecule has 2 aliphatic rings. The lowest BCUT2D eigenvalue weighted by Crippen LogP contribution is -2.45. The number of aliphatic hydroxyl groups is 1. The van der Waals surface area contributed by atoms with Crippen LogP contribution in [0.1, 0.15) is 17.5 Å². The summed E-state index contributed by atoms with van der Waals surface area (Å²) in [7, 11) is 0. The van der Waals surface area contributed by atoms with Gasteiger partial charge in [-0.1, -0.05) is 6.58 Å². The molecule has 2 aliphatic heterocycles. The maximum absolute atomic E-state index is 12.5. The number of aromatic amines is 1. The van der Waals surface area contributed by atoms with Gasteiger partial charge in [0, 0.05) is 26.1 Å². The molecule has 0 amide bonds. The van der Waals surface area contributed by atoms with Gasteiger partial charge in [0.2, 0.25) is 0 Å². The Morgan fingerprint density at radius 2 is 2.03 bits per heavy atom. The molecule has 0 saturated carbocycles. The zero-order valence-electron chi connectivity index (χ0n) is 16.3. The van der Waals surface area contributed by atoms with Gasteiger partial charge in [-0.15, -0.1) is 0 Å². The van der Waals surface area contributed by atoms with Gasteiger partial charge in [-0.05, 0) is 37.1 Å². The highest BCUT2D eigenvalue weighted by Crippen LogP contribution is 2.36. The Kier molecular flexibility index (Phi) is 4.71. The zero-order chi connectivity index (χ0) is 20.9. The number of carbonyl (C=O) groups is 1. The van der Waals surface area contributed by atoms with E-state index in [-0.39, 0.29) is 22.8 Å². The minimum Gasteiger partial charge on any atom is -0.480 e. The predicted molar refractivity (Wildman–Crippen MR) is 107 cm³/mol. The smallest absolute Gasteiger partial charge is 0.321 e. The Labute approximate surface area is 166 Å². The number of anilines is 2. The largest absolute Gasteiger partial charge is 0.480 e. The van der Waals surface area contributed by atoms with Crippen LogP contribution >= 0.6 is 0 Å². The van der Waals surface area contributed by atoms with E-state index in [1.54, 1.807) is 4.90 Å². The van der Waals surface area contributed by atoms with E-state index in [1.165, 1.54) is 0 Å². The number of H-pyrrole nitrogens is 1. The van der Waals surface area contributed by atoms with Crippen LogP contribution in [0.25, 0.3) is 6.58 Å². The van der Waals surface area contributed by atoms with Gasteiger partial charge in [0.05, 0.1) is 17.5 Å². The fourth-order valence-electron chi connectivity index (χ4n) is 3.95. The molecule has 0 aliphatic carbocycles. The number of carboxylic acids is 1. The normalized spacial score (nSPS) is 20.9. The van der Waals surface area contributed by atoms with E-state index in [1.807, 2.05) is 30.9 Å². The molecule has 1 fully saturated rings. The molecular formula is C20H23N5O4. The van der Waals surface area contributed by atoms with Crippen LogP contribution in [-0.4, -0.2) is 62.8 Å². The van der Waals surface area contributed by atoms with Crippen LogP contribution in [0.15, 0.2) is 21.9 Å². The maximum atomic E-state index is 12.5. The second-order valence-electron chi connectivity index (χ2n) is 7.61. The van der Waals surface area contributed by atoms with Crippen molar-refractivity contribution in [2.24, 2.45) is 4.99 Å². The Balaban J connectivity index is 1.76. The van der Waals surface area contributed by atoms with Gasteiger partial charge in [-0.25, -0.2) is 9.98 Å². The molecule has 0 unspecified atom stereocenters. The van der Waals surface area contributed by atoms with Gasteiger partial charge in [0.25, 0.3) is 5.56 Å². The number of β-amino-alcohol motifs (C(OH)–C–C–N with tert-alkyl or cyclic N) is 1. The number of hydrogen-bond acceptors (Lipinski definition) is 7. The molecule has 0 spiro atoms. The van der Waals surface area contributed by atoms with E-state index < -0.39 is 18.1 Å². The average Bonchev–Trinajstić information content (AvgIpc) is 3.02. The quantitative estimate of drug-likeness (QED) is 0.649. The standard InChI is InChI=1S/C20H23N5O4/c1-10-6-14-15(7-11(10)2)25(18-17(23-14)19(27)22-12(3)21-18)5-4-24-9-13(26)8-16(24)20(28)29/h6-7,13,16,26H,3-5,8-9H2,1-2H3,(H,22,27)(H,28,29)/t13-,16-/m1/s1. The second-order valence-corrected chi connectivity index (χ2v) is 7.61. The van der Waals surface area contributed by atoms with E-state index in [9.17, 15) is 19.8 Å². The summed E-state index contributed by atoms with van der Waals surface area (Å²) >= 11 is 0. The fraction of sp³-hybridized carbons (Fsp3) is 0.400. The van der Waals surface area contributed by atoms with Crippen LogP contribution in [-0.2, 0) is 4.79 Å². The first-order chi connectivity index (χ1) is 13.7. The van der Waals surface area contributed by atoms with Crippen molar-refractivity contribution in [1.82, 2.24) is 14.9 Å². The molecule has 3 N–H and O–H groups in total. The molecule has 4 rings (SSSR count). The molecule has 9 heteroatoms. The second kappa shape index (κ2) is 7.09. The number of benzene rings is 1. The zero-order valence-corrected chi connectivity index (χ0v) is 16.3. The van der Waals surface area contributed by atoms with Crippen LogP contribution in [0.3, 0.4) is 0 Å². The summed E-state index contributed by atoms with van der Waals surface area (Å²) in [6, 6.07) is 3.20. The predicted octanol–water partition coefficient (Wildman–Crippen LogP) is -0.280. The lowest BCUT2D eigenvalue weighted by molar-refractivity contribution is -0.142. The molecular weight excluding hydrogens is 374 g/mol. The van der Waals surface area contributed by atoms with Gasteiger partial charge < -0.3 is 20.1 Å². The topological polar surface area (TPSA) is 122 Å². The first kappa shape index (κ1) is 19.3. The molecule has 1 aromatic carbocycles. The van der Waals surface area contributed by atoms with E-state index >= 15 is 0 Å². The minimum atomic E-state index is -0.947. The van der Waals surface area contributed by atoms with Gasteiger partial charge in [-0.3, -0.25) is 14.5 Å². The number of aryl methyl sites for hydroxylation is 2. The van der Waals surface area contributed by atoms with Crippen molar-refractivity contribution in [2.45, 2.75) is 32.4 Å². The van der Waals surface area contributed by atoms with Crippen LogP contribution in [0.5, 0.6) is 0 Å². The van der Waals surface area contributed by atoms with E-state index in [2.05, 4.69) is 21.5 Å². The summed E-state index contributed by atoms with van der Waals surface area (Å²) in [5.74, 6) is -0.543. The van der Waals surface area contributed by atoms with Crippen molar-refractivity contribution in [1.29, 1.82) is 0 Å². The molecule has 0 radical (unpaired) electrons. The summed E-state index contributed by atoms with van der Waals surface area (Å²) in [6.45, 7) is 8.80. The Morgan fingerprint density at radius 3 is 2.76 bits per heavy atom. The summed E-state index contributed by atoms with van der Waals surface area (Å²) in [4.78, 5) is 39.1. The van der Waals surface area contributed by atoms with E-state index in [0.717, 1.165) is 16.8 Å². The van der Waals surface area contributed by atoms with Crippen molar-refractivity contribution in [3.8, 4) is 0 Å². The molecule has 0 bridgehead atoms. The van der Waals surface area contributed by atoms with Crippen molar-refractivity contribution in [3.63, 3.8) is 0 Å². The summed E-state index contributed by atoms with van der Waals surface area (Å²) in [6.07, 6.45) is -0.457. The number of carboxylic acid groups (broad SMARTS) is 1. The third kappa shape index (κ3) is 3.43. The van der Waals surface area contributed by atoms with Gasteiger partial charge in [0.1, 0.15) is 11.5 Å². The van der Waals surface area contributed by atoms with Crippen LogP contribution in [0.4, 0.5) is 17.2 Å². The van der Waals surface area contributed by atoms with Crippen molar-refractivity contribution >= 4 is 29.7 Å². The highest BCUT2D eigenvalue weighted by molar-refractivity contribution is 5.77. The monoisotopic (exact) mass is 397 g/mol. The Morgan fingerprint density at radius 1 is 1.31 bits per heavy atom. The number of hydrogen-bond donors (Lipinski definition) is 3. The summed E-state index contributed by atoms with van der Waals surface area (Å²) in [5.41, 5.74) is 3.48. The van der Waals surface area contributed by atoms with Crippen molar-refractivity contribution in [2.75, 3.05) is 24.5 Å². The Hall–Kier alpha value is -3.04. The first-order valence-electron chi connectivity index (χ1n) is 9.46.